The molecule has 1 heterocycles. The number of ether oxygens (including phenoxy) is 3. The molecule has 7 nitrogen and oxygen atoms in total. The van der Waals surface area contributed by atoms with E-state index in [1.807, 2.05) is 39.0 Å². The Kier molecular flexibility index (Phi) is 10.2. The minimum absolute atomic E-state index is 0.154. The number of nitrogens with one attached hydrogen (secondary N) is 1. The van der Waals surface area contributed by atoms with Crippen molar-refractivity contribution in [2.24, 2.45) is 0 Å². The highest BCUT2D eigenvalue weighted by Gasteiger charge is 2.31. The molecule has 1 saturated heterocycles. The van der Waals surface area contributed by atoms with E-state index in [1.165, 1.54) is 11.8 Å². The summed E-state index contributed by atoms with van der Waals surface area (Å²) in [4.78, 5) is 27.4. The number of benzene rings is 2. The van der Waals surface area contributed by atoms with E-state index in [1.54, 1.807) is 30.2 Å². The molecule has 2 aromatic carbocycles. The molecule has 0 radical (unpaired) electrons. The van der Waals surface area contributed by atoms with E-state index in [0.29, 0.717) is 46.7 Å². The van der Waals surface area contributed by atoms with Gasteiger partial charge in [-0.15, -0.1) is 0 Å². The van der Waals surface area contributed by atoms with Crippen LogP contribution in [0.1, 0.15) is 30.0 Å². The zero-order valence-electron chi connectivity index (χ0n) is 20.7. The minimum Gasteiger partial charge on any atom is -0.490 e. The first-order valence-corrected chi connectivity index (χ1v) is 13.0. The van der Waals surface area contributed by atoms with Crippen molar-refractivity contribution in [2.75, 3.05) is 38.8 Å². The van der Waals surface area contributed by atoms with Gasteiger partial charge < -0.3 is 19.5 Å². The summed E-state index contributed by atoms with van der Waals surface area (Å²) in [5.41, 5.74) is 3.46. The van der Waals surface area contributed by atoms with Crippen molar-refractivity contribution in [2.45, 2.75) is 27.2 Å². The lowest BCUT2D eigenvalue weighted by atomic mass is 10.1. The molecule has 2 amide bonds. The second-order valence-electron chi connectivity index (χ2n) is 8.10. The van der Waals surface area contributed by atoms with Crippen LogP contribution in [0.5, 0.6) is 11.5 Å². The van der Waals surface area contributed by atoms with Gasteiger partial charge in [-0.2, -0.15) is 0 Å². The Bertz CT molecular complexity index is 1190. The molecule has 36 heavy (non-hydrogen) atoms. The van der Waals surface area contributed by atoms with Gasteiger partial charge in [0.05, 0.1) is 16.5 Å². The van der Waals surface area contributed by atoms with Crippen LogP contribution in [0, 0.1) is 13.8 Å². The second kappa shape index (κ2) is 13.1. The second-order valence-corrected chi connectivity index (χ2v) is 10.2. The van der Waals surface area contributed by atoms with Crippen LogP contribution in [0.3, 0.4) is 0 Å². The van der Waals surface area contributed by atoms with Gasteiger partial charge in [-0.05, 0) is 62.6 Å². The molecule has 3 rings (SSSR count). The number of amides is 2. The number of hydrogen-bond acceptors (Lipinski definition) is 7. The third-order valence-electron chi connectivity index (χ3n) is 5.24. The molecule has 0 aliphatic carbocycles. The van der Waals surface area contributed by atoms with Crippen molar-refractivity contribution in [3.05, 3.63) is 56.9 Å². The number of thioether (sulfide) groups is 1. The first-order valence-electron chi connectivity index (χ1n) is 11.4. The van der Waals surface area contributed by atoms with Gasteiger partial charge in [0.1, 0.15) is 4.32 Å². The van der Waals surface area contributed by atoms with Crippen LogP contribution in [0.2, 0.25) is 5.02 Å². The highest BCUT2D eigenvalue weighted by Crippen LogP contribution is 2.39. The van der Waals surface area contributed by atoms with Crippen LogP contribution >= 0.6 is 35.6 Å². The average Bonchev–Trinajstić information content (AvgIpc) is 3.08. The summed E-state index contributed by atoms with van der Waals surface area (Å²) in [6.45, 7) is 6.93. The smallest absolute Gasteiger partial charge is 0.266 e. The monoisotopic (exact) mass is 548 g/mol. The third-order valence-corrected chi connectivity index (χ3v) is 6.90. The van der Waals surface area contributed by atoms with Crippen molar-refractivity contribution in [1.82, 2.24) is 4.90 Å². The van der Waals surface area contributed by atoms with Crippen LogP contribution in [0.25, 0.3) is 6.08 Å². The molecule has 192 valence electrons. The first-order chi connectivity index (χ1) is 17.2. The third kappa shape index (κ3) is 7.22. The zero-order valence-corrected chi connectivity index (χ0v) is 23.1. The molecular weight excluding hydrogens is 520 g/mol. The number of rotatable bonds is 11. The molecule has 0 atom stereocenters. The van der Waals surface area contributed by atoms with Gasteiger partial charge in [0.2, 0.25) is 0 Å². The highest BCUT2D eigenvalue weighted by atomic mass is 35.5. The fourth-order valence-electron chi connectivity index (χ4n) is 3.56. The summed E-state index contributed by atoms with van der Waals surface area (Å²) in [6, 6.07) is 9.17. The Balaban J connectivity index is 1.74. The number of aryl methyl sites for hydroxylation is 2. The molecule has 0 unspecified atom stereocenters. The van der Waals surface area contributed by atoms with Crippen molar-refractivity contribution >= 4 is 63.5 Å². The molecule has 1 aliphatic heterocycles. The first kappa shape index (κ1) is 28.0. The van der Waals surface area contributed by atoms with E-state index < -0.39 is 0 Å². The van der Waals surface area contributed by atoms with Crippen LogP contribution < -0.4 is 14.8 Å². The van der Waals surface area contributed by atoms with Crippen molar-refractivity contribution in [3.63, 3.8) is 0 Å². The van der Waals surface area contributed by atoms with Gasteiger partial charge in [-0.25, -0.2) is 0 Å². The van der Waals surface area contributed by atoms with Gasteiger partial charge in [-0.1, -0.05) is 53.3 Å². The molecular formula is C26H29ClN2O5S2. The topological polar surface area (TPSA) is 77.1 Å². The van der Waals surface area contributed by atoms with Gasteiger partial charge in [0, 0.05) is 25.9 Å². The summed E-state index contributed by atoms with van der Waals surface area (Å²) >= 11 is 13.1. The normalized spacial score (nSPS) is 14.5. The van der Waals surface area contributed by atoms with Gasteiger partial charge >= 0.3 is 0 Å². The number of nitrogens with zero attached hydrogens (tertiary/aromatic N) is 1. The van der Waals surface area contributed by atoms with E-state index in [0.717, 1.165) is 16.8 Å². The van der Waals surface area contributed by atoms with E-state index in [-0.39, 0.29) is 29.2 Å². The van der Waals surface area contributed by atoms with Crippen LogP contribution in [0.15, 0.2) is 35.2 Å². The lowest BCUT2D eigenvalue weighted by Crippen LogP contribution is -2.29. The summed E-state index contributed by atoms with van der Waals surface area (Å²) in [7, 11) is 1.62. The van der Waals surface area contributed by atoms with Crippen LogP contribution in [-0.4, -0.2) is 54.5 Å². The lowest BCUT2D eigenvalue weighted by Gasteiger charge is -2.15. The van der Waals surface area contributed by atoms with Gasteiger partial charge in [0.15, 0.2) is 18.1 Å². The lowest BCUT2D eigenvalue weighted by molar-refractivity contribution is -0.122. The summed E-state index contributed by atoms with van der Waals surface area (Å²) < 4.78 is 17.0. The Hall–Kier alpha value is -2.59. The fourth-order valence-corrected chi connectivity index (χ4v) is 5.15. The Morgan fingerprint density at radius 1 is 1.22 bits per heavy atom. The van der Waals surface area contributed by atoms with E-state index in [2.05, 4.69) is 5.32 Å². The number of hydrogen-bond donors (Lipinski definition) is 1. The number of thiocarbonyl (C=S) groups is 1. The van der Waals surface area contributed by atoms with E-state index in [4.69, 9.17) is 38.0 Å². The fraction of sp³-hybridized carbons (Fsp3) is 0.346. The van der Waals surface area contributed by atoms with Crippen LogP contribution in [0.4, 0.5) is 5.69 Å². The van der Waals surface area contributed by atoms with Crippen molar-refractivity contribution in [1.29, 1.82) is 0 Å². The summed E-state index contributed by atoms with van der Waals surface area (Å²) in [6.07, 6.45) is 2.42. The molecule has 0 bridgehead atoms. The van der Waals surface area contributed by atoms with Gasteiger partial charge in [-0.3, -0.25) is 14.5 Å². The minimum atomic E-state index is -0.318. The van der Waals surface area contributed by atoms with Crippen molar-refractivity contribution < 1.29 is 23.8 Å². The number of anilines is 1. The van der Waals surface area contributed by atoms with E-state index in [9.17, 15) is 9.59 Å². The Morgan fingerprint density at radius 3 is 2.69 bits per heavy atom. The SMILES string of the molecule is CCOc1cc(/C=C2\SC(=S)N(CCCOC)C2=O)cc(Cl)c1OCC(=O)Nc1ccc(C)cc1C. The molecule has 0 saturated carbocycles. The maximum atomic E-state index is 12.8. The highest BCUT2D eigenvalue weighted by molar-refractivity contribution is 8.26. The van der Waals surface area contributed by atoms with Crippen LogP contribution in [-0.2, 0) is 14.3 Å². The maximum Gasteiger partial charge on any atom is 0.266 e. The predicted octanol–water partition coefficient (Wildman–Crippen LogP) is 5.61. The standard InChI is InChI=1S/C26H29ClN2O5S2/c1-5-33-21-13-18(14-22-25(31)29(26(35)36-22)9-6-10-32-4)12-19(27)24(21)34-15-23(30)28-20-8-7-16(2)11-17(20)3/h7-8,11-14H,5-6,9-10,15H2,1-4H3,(H,28,30)/b22-14-. The largest absolute Gasteiger partial charge is 0.490 e. The van der Waals surface area contributed by atoms with E-state index >= 15 is 0 Å². The average molecular weight is 549 g/mol. The number of methoxy groups -OCH3 is 1. The molecule has 2 aromatic rings. The summed E-state index contributed by atoms with van der Waals surface area (Å²) in [5, 5.41) is 3.11. The Morgan fingerprint density at radius 2 is 2.00 bits per heavy atom. The molecule has 1 fully saturated rings. The molecule has 1 N–H and O–H groups in total. The number of carbonyl (C=O) groups excluding carboxylic acids is 2. The predicted molar refractivity (Wildman–Crippen MR) is 149 cm³/mol. The number of halogens is 1. The molecule has 10 heteroatoms. The van der Waals surface area contributed by atoms with Gasteiger partial charge in [0.25, 0.3) is 11.8 Å². The molecule has 0 aromatic heterocycles. The summed E-state index contributed by atoms with van der Waals surface area (Å²) in [5.74, 6) is 0.171. The Labute approximate surface area is 226 Å². The molecule has 1 aliphatic rings. The zero-order chi connectivity index (χ0) is 26.2. The number of carbonyl (C=O) groups is 2. The maximum absolute atomic E-state index is 12.8. The molecule has 0 spiro atoms. The quantitative estimate of drug-likeness (QED) is 0.222. The van der Waals surface area contributed by atoms with Crippen molar-refractivity contribution in [3.8, 4) is 11.5 Å².